The lowest BCUT2D eigenvalue weighted by atomic mass is 9.86. The fraction of sp³-hybridized carbons (Fsp3) is 0.0476. The Kier molecular flexibility index (Phi) is 2.95. The standard InChI is InChI=1S/C21H12Br2/c22-17-8-1-4-12-10-14-11-13-5-2-9-18(23)21(13)16-7-3-6-15(19(14)16)20(12)17/h1-6,8-11H,7H2. The quantitative estimate of drug-likeness (QED) is 0.261. The number of hydrogen-bond donors (Lipinski definition) is 0. The number of allylic oxidation sites excluding steroid dienone is 1. The molecule has 0 radical (unpaired) electrons. The predicted octanol–water partition coefficient (Wildman–Crippen LogP) is 7.24. The number of hydrogen-bond acceptors (Lipinski definition) is 0. The molecule has 1 aliphatic rings. The van der Waals surface area contributed by atoms with Gasteiger partial charge in [0.05, 0.1) is 0 Å². The first kappa shape index (κ1) is 13.8. The highest BCUT2D eigenvalue weighted by molar-refractivity contribution is 9.11. The molecule has 0 atom stereocenters. The maximum Gasteiger partial charge on any atom is 0.0259 e. The van der Waals surface area contributed by atoms with E-state index in [0.717, 1.165) is 10.9 Å². The van der Waals surface area contributed by atoms with E-state index in [-0.39, 0.29) is 0 Å². The minimum Gasteiger partial charge on any atom is -0.0794 e. The van der Waals surface area contributed by atoms with Gasteiger partial charge in [0.25, 0.3) is 0 Å². The molecular formula is C21H12Br2. The molecule has 110 valence electrons. The van der Waals surface area contributed by atoms with E-state index in [1.165, 1.54) is 47.9 Å². The van der Waals surface area contributed by atoms with E-state index in [2.05, 4.69) is 92.5 Å². The van der Waals surface area contributed by atoms with E-state index in [1.54, 1.807) is 0 Å². The molecule has 0 N–H and O–H groups in total. The highest BCUT2D eigenvalue weighted by Gasteiger charge is 2.17. The molecule has 5 rings (SSSR count). The number of benzene rings is 4. The van der Waals surface area contributed by atoms with Crippen LogP contribution < -0.4 is 0 Å². The average Bonchev–Trinajstić information content (AvgIpc) is 2.55. The lowest BCUT2D eigenvalue weighted by molar-refractivity contribution is 1.32. The summed E-state index contributed by atoms with van der Waals surface area (Å²) in [6.07, 6.45) is 5.55. The molecule has 0 saturated heterocycles. The van der Waals surface area contributed by atoms with Gasteiger partial charge in [-0.25, -0.2) is 0 Å². The normalized spacial score (nSPS) is 13.3. The highest BCUT2D eigenvalue weighted by Crippen LogP contribution is 2.42. The van der Waals surface area contributed by atoms with Crippen LogP contribution in [0.25, 0.3) is 38.4 Å². The zero-order chi connectivity index (χ0) is 15.6. The topological polar surface area (TPSA) is 0 Å². The van der Waals surface area contributed by atoms with E-state index in [9.17, 15) is 0 Å². The summed E-state index contributed by atoms with van der Waals surface area (Å²) >= 11 is 7.50. The van der Waals surface area contributed by atoms with Crippen molar-refractivity contribution in [3.05, 3.63) is 74.7 Å². The molecule has 4 aromatic rings. The van der Waals surface area contributed by atoms with Crippen LogP contribution in [0.5, 0.6) is 0 Å². The monoisotopic (exact) mass is 422 g/mol. The molecule has 0 aromatic heterocycles. The number of halogens is 2. The lowest BCUT2D eigenvalue weighted by Crippen LogP contribution is -1.97. The molecule has 0 fully saturated rings. The summed E-state index contributed by atoms with van der Waals surface area (Å²) in [5.41, 5.74) is 2.77. The Hall–Kier alpha value is -1.64. The minimum atomic E-state index is 0.986. The first-order chi connectivity index (χ1) is 11.2. The molecule has 2 heteroatoms. The van der Waals surface area contributed by atoms with Crippen LogP contribution in [-0.2, 0) is 6.42 Å². The second kappa shape index (κ2) is 4.93. The SMILES string of the molecule is Brc1cccc2cc3cc4cccc(Br)c4c4c3c(c12)C=CC4. The zero-order valence-electron chi connectivity index (χ0n) is 12.2. The van der Waals surface area contributed by atoms with Crippen molar-refractivity contribution < 1.29 is 0 Å². The van der Waals surface area contributed by atoms with Crippen molar-refractivity contribution in [1.82, 2.24) is 0 Å². The van der Waals surface area contributed by atoms with Gasteiger partial charge in [0.1, 0.15) is 0 Å². The molecule has 0 heterocycles. The summed E-state index contributed by atoms with van der Waals surface area (Å²) in [7, 11) is 0. The molecule has 1 aliphatic carbocycles. The van der Waals surface area contributed by atoms with Gasteiger partial charge in [-0.1, -0.05) is 68.3 Å². The maximum atomic E-state index is 3.75. The van der Waals surface area contributed by atoms with Crippen molar-refractivity contribution in [3.63, 3.8) is 0 Å². The van der Waals surface area contributed by atoms with Gasteiger partial charge < -0.3 is 0 Å². The summed E-state index contributed by atoms with van der Waals surface area (Å²) in [6.45, 7) is 0. The smallest absolute Gasteiger partial charge is 0.0259 e. The Labute approximate surface area is 151 Å². The van der Waals surface area contributed by atoms with Gasteiger partial charge >= 0.3 is 0 Å². The minimum absolute atomic E-state index is 0.986. The number of rotatable bonds is 0. The first-order valence-electron chi connectivity index (χ1n) is 7.65. The largest absolute Gasteiger partial charge is 0.0794 e. The third-order valence-electron chi connectivity index (χ3n) is 4.75. The molecule has 4 aromatic carbocycles. The Bertz CT molecular complexity index is 1150. The Morgan fingerprint density at radius 2 is 1.35 bits per heavy atom. The van der Waals surface area contributed by atoms with Gasteiger partial charge in [-0.3, -0.25) is 0 Å². The Morgan fingerprint density at radius 1 is 0.696 bits per heavy atom. The molecule has 0 saturated carbocycles. The van der Waals surface area contributed by atoms with E-state index >= 15 is 0 Å². The average molecular weight is 424 g/mol. The van der Waals surface area contributed by atoms with E-state index in [1.807, 2.05) is 0 Å². The summed E-state index contributed by atoms with van der Waals surface area (Å²) in [6, 6.07) is 17.5. The zero-order valence-corrected chi connectivity index (χ0v) is 15.4. The fourth-order valence-corrected chi connectivity index (χ4v) is 5.07. The van der Waals surface area contributed by atoms with Crippen LogP contribution in [0.3, 0.4) is 0 Å². The van der Waals surface area contributed by atoms with Crippen molar-refractivity contribution >= 4 is 70.3 Å². The second-order valence-electron chi connectivity index (χ2n) is 6.03. The Morgan fingerprint density at radius 3 is 2.09 bits per heavy atom. The van der Waals surface area contributed by atoms with Crippen LogP contribution >= 0.6 is 31.9 Å². The number of fused-ring (bicyclic) bond motifs is 4. The summed E-state index contributed by atoms with van der Waals surface area (Å²) in [5, 5.41) is 7.97. The van der Waals surface area contributed by atoms with Crippen molar-refractivity contribution in [2.45, 2.75) is 6.42 Å². The van der Waals surface area contributed by atoms with Gasteiger partial charge in [0.15, 0.2) is 0 Å². The molecule has 0 spiro atoms. The second-order valence-corrected chi connectivity index (χ2v) is 7.73. The maximum absolute atomic E-state index is 3.75. The van der Waals surface area contributed by atoms with Crippen LogP contribution in [0.1, 0.15) is 11.1 Å². The van der Waals surface area contributed by atoms with Crippen LogP contribution in [0.15, 0.2) is 63.6 Å². The first-order valence-corrected chi connectivity index (χ1v) is 9.24. The molecule has 0 amide bonds. The molecule has 0 unspecified atom stereocenters. The van der Waals surface area contributed by atoms with Gasteiger partial charge in [0.2, 0.25) is 0 Å². The summed E-state index contributed by atoms with van der Waals surface area (Å²) in [4.78, 5) is 0. The third-order valence-corrected chi connectivity index (χ3v) is 6.07. The van der Waals surface area contributed by atoms with Crippen molar-refractivity contribution in [3.8, 4) is 0 Å². The van der Waals surface area contributed by atoms with Crippen molar-refractivity contribution in [1.29, 1.82) is 0 Å². The van der Waals surface area contributed by atoms with Gasteiger partial charge in [-0.05, 0) is 63.4 Å². The predicted molar refractivity (Wildman–Crippen MR) is 107 cm³/mol. The van der Waals surface area contributed by atoms with E-state index < -0.39 is 0 Å². The van der Waals surface area contributed by atoms with E-state index in [0.29, 0.717) is 0 Å². The van der Waals surface area contributed by atoms with E-state index in [4.69, 9.17) is 0 Å². The molecule has 0 nitrogen and oxygen atoms in total. The summed E-state index contributed by atoms with van der Waals surface area (Å²) < 4.78 is 2.34. The van der Waals surface area contributed by atoms with Crippen molar-refractivity contribution in [2.24, 2.45) is 0 Å². The Balaban J connectivity index is 2.13. The van der Waals surface area contributed by atoms with Crippen LogP contribution in [0, 0.1) is 0 Å². The van der Waals surface area contributed by atoms with Crippen LogP contribution in [-0.4, -0.2) is 0 Å². The molecular weight excluding hydrogens is 412 g/mol. The van der Waals surface area contributed by atoms with Crippen LogP contribution in [0.2, 0.25) is 0 Å². The summed E-state index contributed by atoms with van der Waals surface area (Å²) in [5.74, 6) is 0. The van der Waals surface area contributed by atoms with Crippen LogP contribution in [0.4, 0.5) is 0 Å². The van der Waals surface area contributed by atoms with Gasteiger partial charge in [0, 0.05) is 19.7 Å². The fourth-order valence-electron chi connectivity index (χ4n) is 3.85. The molecule has 23 heavy (non-hydrogen) atoms. The van der Waals surface area contributed by atoms with Crippen molar-refractivity contribution in [2.75, 3.05) is 0 Å². The molecule has 0 bridgehead atoms. The molecule has 0 aliphatic heterocycles. The highest BCUT2D eigenvalue weighted by atomic mass is 79.9. The third kappa shape index (κ3) is 1.88. The lowest BCUT2D eigenvalue weighted by Gasteiger charge is -2.19. The van der Waals surface area contributed by atoms with Gasteiger partial charge in [-0.15, -0.1) is 0 Å². The van der Waals surface area contributed by atoms with Gasteiger partial charge in [-0.2, -0.15) is 0 Å².